The number of rotatable bonds is 0. The Hall–Kier alpha value is -1.38. The van der Waals surface area contributed by atoms with Crippen molar-refractivity contribution < 1.29 is 9.18 Å². The topological polar surface area (TPSA) is 29.1 Å². The molecule has 1 aromatic rings. The van der Waals surface area contributed by atoms with Crippen LogP contribution in [0.3, 0.4) is 0 Å². The summed E-state index contributed by atoms with van der Waals surface area (Å²) in [6, 6.07) is 3.25. The number of fused-ring (bicyclic) bond motifs is 1. The van der Waals surface area contributed by atoms with Crippen molar-refractivity contribution in [3.8, 4) is 0 Å². The van der Waals surface area contributed by atoms with Gasteiger partial charge in [-0.15, -0.1) is 0 Å². The van der Waals surface area contributed by atoms with E-state index < -0.39 is 0 Å². The molecule has 2 nitrogen and oxygen atoms in total. The number of benzene rings is 1. The average molecular weight is 195 g/mol. The molecule has 1 aromatic carbocycles. The first-order valence-electron chi connectivity index (χ1n) is 4.75. The number of hydrogen-bond acceptors (Lipinski definition) is 1. The van der Waals surface area contributed by atoms with Crippen LogP contribution in [0.5, 0.6) is 0 Å². The van der Waals surface area contributed by atoms with E-state index in [0.29, 0.717) is 12.1 Å². The van der Waals surface area contributed by atoms with Crippen molar-refractivity contribution in [1.82, 2.24) is 0 Å². The Kier molecular flexibility index (Phi) is 3.23. The molecule has 0 unspecified atom stereocenters. The Balaban J connectivity index is 0.000000461. The Morgan fingerprint density at radius 2 is 2.00 bits per heavy atom. The van der Waals surface area contributed by atoms with Gasteiger partial charge in [0.15, 0.2) is 0 Å². The summed E-state index contributed by atoms with van der Waals surface area (Å²) in [6.45, 7) is 5.81. The number of anilines is 1. The van der Waals surface area contributed by atoms with Crippen molar-refractivity contribution in [1.29, 1.82) is 0 Å². The van der Waals surface area contributed by atoms with E-state index in [2.05, 4.69) is 5.32 Å². The fraction of sp³-hybridized carbons (Fsp3) is 0.364. The summed E-state index contributed by atoms with van der Waals surface area (Å²) < 4.78 is 13.1. The molecule has 3 heteroatoms. The molecule has 0 bridgehead atoms. The lowest BCUT2D eigenvalue weighted by atomic mass is 10.1. The summed E-state index contributed by atoms with van der Waals surface area (Å²) in [4.78, 5) is 10.9. The van der Waals surface area contributed by atoms with E-state index >= 15 is 0 Å². The zero-order valence-corrected chi connectivity index (χ0v) is 8.65. The summed E-state index contributed by atoms with van der Waals surface area (Å²) in [5, 5.41) is 2.48. The minimum atomic E-state index is -0.337. The molecule has 0 saturated carbocycles. The first-order valence-corrected chi connectivity index (χ1v) is 4.75. The maximum absolute atomic E-state index is 13.1. The van der Waals surface area contributed by atoms with Crippen LogP contribution in [0.15, 0.2) is 12.1 Å². The van der Waals surface area contributed by atoms with E-state index in [9.17, 15) is 9.18 Å². The maximum Gasteiger partial charge on any atom is 0.228 e. The first-order chi connectivity index (χ1) is 6.66. The van der Waals surface area contributed by atoms with Gasteiger partial charge in [0.05, 0.1) is 12.1 Å². The molecular formula is C11H14FNO. The monoisotopic (exact) mass is 195 g/mol. The van der Waals surface area contributed by atoms with Gasteiger partial charge in [0.25, 0.3) is 0 Å². The van der Waals surface area contributed by atoms with E-state index in [1.807, 2.05) is 26.8 Å². The third-order valence-electron chi connectivity index (χ3n) is 1.93. The van der Waals surface area contributed by atoms with Crippen LogP contribution in [-0.4, -0.2) is 5.91 Å². The molecule has 14 heavy (non-hydrogen) atoms. The second-order valence-corrected chi connectivity index (χ2v) is 3.01. The highest BCUT2D eigenvalue weighted by molar-refractivity contribution is 5.99. The molecule has 2 rings (SSSR count). The van der Waals surface area contributed by atoms with Crippen molar-refractivity contribution in [2.45, 2.75) is 27.2 Å². The van der Waals surface area contributed by atoms with Crippen LogP contribution in [0.1, 0.15) is 25.0 Å². The highest BCUT2D eigenvalue weighted by Gasteiger charge is 2.20. The normalized spacial score (nSPS) is 12.7. The van der Waals surface area contributed by atoms with Gasteiger partial charge in [-0.2, -0.15) is 0 Å². The lowest BCUT2D eigenvalue weighted by Gasteiger charge is -2.00. The van der Waals surface area contributed by atoms with Gasteiger partial charge >= 0.3 is 0 Å². The van der Waals surface area contributed by atoms with Crippen LogP contribution in [0.25, 0.3) is 0 Å². The third kappa shape index (κ3) is 1.92. The number of carbonyl (C=O) groups is 1. The highest BCUT2D eigenvalue weighted by Crippen LogP contribution is 2.26. The van der Waals surface area contributed by atoms with Gasteiger partial charge in [0, 0.05) is 0 Å². The lowest BCUT2D eigenvalue weighted by Crippen LogP contribution is -2.04. The zero-order chi connectivity index (χ0) is 10.7. The number of hydrogen-bond donors (Lipinski definition) is 1. The molecule has 1 heterocycles. The van der Waals surface area contributed by atoms with Crippen molar-refractivity contribution >= 4 is 11.6 Å². The standard InChI is InChI=1S/C9H8FNO.C2H6/c1-5-2-6-4-8(12)11-9(6)7(10)3-5;1-2/h2-3H,4H2,1H3,(H,11,12);1-2H3. The number of nitrogens with one attached hydrogen (secondary N) is 1. The van der Waals surface area contributed by atoms with Crippen LogP contribution in [0.2, 0.25) is 0 Å². The Morgan fingerprint density at radius 3 is 2.64 bits per heavy atom. The number of amides is 1. The molecule has 0 radical (unpaired) electrons. The van der Waals surface area contributed by atoms with Gasteiger partial charge in [0.1, 0.15) is 5.82 Å². The average Bonchev–Trinajstić information content (AvgIpc) is 2.49. The molecule has 0 saturated heterocycles. The summed E-state index contributed by atoms with van der Waals surface area (Å²) in [7, 11) is 0. The van der Waals surface area contributed by atoms with Crippen molar-refractivity contribution in [2.24, 2.45) is 0 Å². The van der Waals surface area contributed by atoms with Gasteiger partial charge in [-0.3, -0.25) is 4.79 Å². The minimum Gasteiger partial charge on any atom is -0.323 e. The first kappa shape index (κ1) is 10.7. The van der Waals surface area contributed by atoms with Crippen LogP contribution in [0, 0.1) is 12.7 Å². The molecule has 0 aromatic heterocycles. The van der Waals surface area contributed by atoms with Gasteiger partial charge in [-0.1, -0.05) is 19.9 Å². The predicted molar refractivity (Wildman–Crippen MR) is 54.8 cm³/mol. The quantitative estimate of drug-likeness (QED) is 0.677. The van der Waals surface area contributed by atoms with E-state index in [-0.39, 0.29) is 11.7 Å². The van der Waals surface area contributed by atoms with Crippen molar-refractivity contribution in [3.63, 3.8) is 0 Å². The van der Waals surface area contributed by atoms with Gasteiger partial charge < -0.3 is 5.32 Å². The summed E-state index contributed by atoms with van der Waals surface area (Å²) in [5.74, 6) is -0.467. The van der Waals surface area contributed by atoms with Crippen LogP contribution < -0.4 is 5.32 Å². The van der Waals surface area contributed by atoms with E-state index in [1.54, 1.807) is 0 Å². The second kappa shape index (κ2) is 4.22. The Bertz CT molecular complexity index is 361. The highest BCUT2D eigenvalue weighted by atomic mass is 19.1. The molecule has 1 aliphatic heterocycles. The van der Waals surface area contributed by atoms with Crippen molar-refractivity contribution in [3.05, 3.63) is 29.1 Å². The fourth-order valence-corrected chi connectivity index (χ4v) is 1.45. The minimum absolute atomic E-state index is 0.130. The summed E-state index contributed by atoms with van der Waals surface area (Å²) in [6.07, 6.45) is 0.300. The number of carbonyl (C=O) groups excluding carboxylic acids is 1. The SMILES string of the molecule is CC.Cc1cc(F)c2c(c1)CC(=O)N2. The van der Waals surface area contributed by atoms with E-state index in [4.69, 9.17) is 0 Å². The summed E-state index contributed by atoms with van der Waals surface area (Å²) >= 11 is 0. The smallest absolute Gasteiger partial charge is 0.228 e. The Labute approximate surface area is 83.1 Å². The van der Waals surface area contributed by atoms with Crippen LogP contribution >= 0.6 is 0 Å². The maximum atomic E-state index is 13.1. The second-order valence-electron chi connectivity index (χ2n) is 3.01. The molecule has 76 valence electrons. The largest absolute Gasteiger partial charge is 0.323 e. The van der Waals surface area contributed by atoms with Gasteiger partial charge in [-0.25, -0.2) is 4.39 Å². The predicted octanol–water partition coefficient (Wildman–Crippen LogP) is 2.65. The molecule has 1 amide bonds. The van der Waals surface area contributed by atoms with E-state index in [1.165, 1.54) is 6.07 Å². The van der Waals surface area contributed by atoms with Crippen LogP contribution in [0.4, 0.5) is 10.1 Å². The zero-order valence-electron chi connectivity index (χ0n) is 8.65. The van der Waals surface area contributed by atoms with Crippen molar-refractivity contribution in [2.75, 3.05) is 5.32 Å². The molecular weight excluding hydrogens is 181 g/mol. The van der Waals surface area contributed by atoms with Gasteiger partial charge in [-0.05, 0) is 24.1 Å². The molecule has 1 N–H and O–H groups in total. The van der Waals surface area contributed by atoms with E-state index in [0.717, 1.165) is 11.1 Å². The number of aryl methyl sites for hydroxylation is 1. The fourth-order valence-electron chi connectivity index (χ4n) is 1.45. The summed E-state index contributed by atoms with van der Waals surface area (Å²) in [5.41, 5.74) is 1.96. The van der Waals surface area contributed by atoms with Crippen LogP contribution in [-0.2, 0) is 11.2 Å². The lowest BCUT2D eigenvalue weighted by molar-refractivity contribution is -0.115. The third-order valence-corrected chi connectivity index (χ3v) is 1.93. The number of halogens is 1. The van der Waals surface area contributed by atoms with Gasteiger partial charge in [0.2, 0.25) is 5.91 Å². The molecule has 1 aliphatic rings. The molecule has 0 fully saturated rings. The molecule has 0 aliphatic carbocycles. The Morgan fingerprint density at radius 1 is 1.36 bits per heavy atom. The molecule has 0 atom stereocenters. The molecule has 0 spiro atoms.